The third-order valence-corrected chi connectivity index (χ3v) is 5.22. The first-order valence-electron chi connectivity index (χ1n) is 10.5. The molecule has 2 unspecified atom stereocenters. The van der Waals surface area contributed by atoms with E-state index in [-0.39, 0.29) is 0 Å². The van der Waals surface area contributed by atoms with Gasteiger partial charge in [0.25, 0.3) is 0 Å². The molecule has 5 nitrogen and oxygen atoms in total. The van der Waals surface area contributed by atoms with Gasteiger partial charge in [-0.15, -0.1) is 0 Å². The summed E-state index contributed by atoms with van der Waals surface area (Å²) in [5.41, 5.74) is -0.0745. The third-order valence-electron chi connectivity index (χ3n) is 5.22. The maximum atomic E-state index is 10.7. The van der Waals surface area contributed by atoms with E-state index in [0.717, 1.165) is 37.0 Å². The van der Waals surface area contributed by atoms with E-state index >= 15 is 0 Å². The topological polar surface area (TPSA) is 59.9 Å². The molecule has 1 aliphatic rings. The zero-order chi connectivity index (χ0) is 19.5. The van der Waals surface area contributed by atoms with Gasteiger partial charge in [-0.3, -0.25) is 0 Å². The average molecular weight is 375 g/mol. The van der Waals surface area contributed by atoms with Crippen molar-refractivity contribution >= 4 is 5.96 Å². The van der Waals surface area contributed by atoms with Gasteiger partial charge in [-0.05, 0) is 64.1 Å². The van der Waals surface area contributed by atoms with Gasteiger partial charge in [-0.1, -0.05) is 37.3 Å². The summed E-state index contributed by atoms with van der Waals surface area (Å²) in [7, 11) is 0. The highest BCUT2D eigenvalue weighted by molar-refractivity contribution is 5.79. The molecular weight excluding hydrogens is 336 g/mol. The van der Waals surface area contributed by atoms with E-state index in [1.54, 1.807) is 0 Å². The highest BCUT2D eigenvalue weighted by Crippen LogP contribution is 2.20. The quantitative estimate of drug-likeness (QED) is 0.353. The molecule has 1 aliphatic heterocycles. The van der Waals surface area contributed by atoms with Crippen molar-refractivity contribution in [2.45, 2.75) is 52.1 Å². The minimum atomic E-state index is -0.964. The number of hydrogen-bond donors (Lipinski definition) is 3. The van der Waals surface area contributed by atoms with Crippen LogP contribution in [0.5, 0.6) is 0 Å². The Balaban J connectivity index is 1.73. The number of piperidine rings is 1. The maximum absolute atomic E-state index is 10.7. The standard InChI is InChI=1S/C22H38N4O/c1-4-23-21(25-18-22(3,27)20-12-6-5-7-13-20)24-14-8-9-15-26-16-10-11-19(2)17-26/h5-7,12-13,19,27H,4,8-11,14-18H2,1-3H3,(H2,23,24,25). The van der Waals surface area contributed by atoms with E-state index in [9.17, 15) is 5.11 Å². The highest BCUT2D eigenvalue weighted by atomic mass is 16.3. The molecule has 2 atom stereocenters. The van der Waals surface area contributed by atoms with Gasteiger partial charge in [0.1, 0.15) is 5.60 Å². The first kappa shape index (κ1) is 21.7. The molecule has 2 rings (SSSR count). The molecule has 5 heteroatoms. The van der Waals surface area contributed by atoms with E-state index in [1.807, 2.05) is 37.3 Å². The van der Waals surface area contributed by atoms with Crippen LogP contribution in [0.3, 0.4) is 0 Å². The van der Waals surface area contributed by atoms with Crippen molar-refractivity contribution in [3.8, 4) is 0 Å². The van der Waals surface area contributed by atoms with E-state index in [1.165, 1.54) is 38.9 Å². The molecule has 0 bridgehead atoms. The van der Waals surface area contributed by atoms with Gasteiger partial charge in [0.05, 0.1) is 6.54 Å². The number of rotatable bonds is 9. The zero-order valence-electron chi connectivity index (χ0n) is 17.4. The zero-order valence-corrected chi connectivity index (χ0v) is 17.4. The molecule has 27 heavy (non-hydrogen) atoms. The summed E-state index contributed by atoms with van der Waals surface area (Å²) >= 11 is 0. The lowest BCUT2D eigenvalue weighted by molar-refractivity contribution is 0.0672. The van der Waals surface area contributed by atoms with Crippen LogP contribution in [0.2, 0.25) is 0 Å². The molecule has 1 heterocycles. The summed E-state index contributed by atoms with van der Waals surface area (Å²) in [5, 5.41) is 17.4. The first-order chi connectivity index (χ1) is 13.0. The fourth-order valence-corrected chi connectivity index (χ4v) is 3.62. The Hall–Kier alpha value is -1.59. The number of hydrogen-bond acceptors (Lipinski definition) is 3. The van der Waals surface area contributed by atoms with Gasteiger partial charge in [0.15, 0.2) is 5.96 Å². The molecule has 0 spiro atoms. The van der Waals surface area contributed by atoms with E-state index in [0.29, 0.717) is 6.54 Å². The number of aliphatic imine (C=N–C) groups is 1. The van der Waals surface area contributed by atoms with Crippen LogP contribution in [0.1, 0.15) is 52.0 Å². The molecule has 1 aromatic rings. The molecule has 152 valence electrons. The number of benzene rings is 1. The van der Waals surface area contributed by atoms with Crippen molar-refractivity contribution in [1.82, 2.24) is 15.5 Å². The monoisotopic (exact) mass is 374 g/mol. The second-order valence-electron chi connectivity index (χ2n) is 8.02. The molecule has 1 fully saturated rings. The third kappa shape index (κ3) is 7.89. The summed E-state index contributed by atoms with van der Waals surface area (Å²) in [4.78, 5) is 7.19. The molecule has 3 N–H and O–H groups in total. The Labute approximate surface area is 165 Å². The van der Waals surface area contributed by atoms with Crippen LogP contribution in [0.15, 0.2) is 35.3 Å². The minimum absolute atomic E-state index is 0.331. The summed E-state index contributed by atoms with van der Waals surface area (Å²) < 4.78 is 0. The lowest BCUT2D eigenvalue weighted by Crippen LogP contribution is -2.39. The Morgan fingerprint density at radius 1 is 1.26 bits per heavy atom. The van der Waals surface area contributed by atoms with E-state index < -0.39 is 5.60 Å². The number of likely N-dealkylation sites (tertiary alicyclic amines) is 1. The summed E-state index contributed by atoms with van der Waals surface area (Å²) in [6.07, 6.45) is 5.07. The van der Waals surface area contributed by atoms with Gasteiger partial charge < -0.3 is 20.6 Å². The van der Waals surface area contributed by atoms with Crippen molar-refractivity contribution in [3.05, 3.63) is 35.9 Å². The molecule has 1 aromatic carbocycles. The largest absolute Gasteiger partial charge is 0.384 e. The molecule has 0 saturated carbocycles. The summed E-state index contributed by atoms with van der Waals surface area (Å²) in [6, 6.07) is 9.73. The highest BCUT2D eigenvalue weighted by Gasteiger charge is 2.22. The minimum Gasteiger partial charge on any atom is -0.384 e. The maximum Gasteiger partial charge on any atom is 0.191 e. The molecule has 0 aliphatic carbocycles. The number of unbranched alkanes of at least 4 members (excludes halogenated alkanes) is 1. The number of guanidine groups is 1. The van der Waals surface area contributed by atoms with Gasteiger partial charge in [0, 0.05) is 19.6 Å². The lowest BCUT2D eigenvalue weighted by Gasteiger charge is -2.30. The number of aliphatic hydroxyl groups is 1. The fraction of sp³-hybridized carbons (Fsp3) is 0.682. The number of nitrogens with zero attached hydrogens (tertiary/aromatic N) is 2. The Bertz CT molecular complexity index is 559. The Morgan fingerprint density at radius 3 is 2.74 bits per heavy atom. The van der Waals surface area contributed by atoms with Crippen molar-refractivity contribution in [1.29, 1.82) is 0 Å². The van der Waals surface area contributed by atoms with Crippen molar-refractivity contribution < 1.29 is 5.11 Å². The van der Waals surface area contributed by atoms with Crippen LogP contribution in [-0.2, 0) is 5.60 Å². The van der Waals surface area contributed by atoms with Crippen LogP contribution in [0, 0.1) is 5.92 Å². The molecule has 0 amide bonds. The smallest absolute Gasteiger partial charge is 0.191 e. The second kappa shape index (κ2) is 11.3. The first-order valence-corrected chi connectivity index (χ1v) is 10.5. The second-order valence-corrected chi connectivity index (χ2v) is 8.02. The number of nitrogens with one attached hydrogen (secondary N) is 2. The van der Waals surface area contributed by atoms with Crippen molar-refractivity contribution in [3.63, 3.8) is 0 Å². The van der Waals surface area contributed by atoms with E-state index in [4.69, 9.17) is 0 Å². The van der Waals surface area contributed by atoms with Gasteiger partial charge in [-0.2, -0.15) is 0 Å². The van der Waals surface area contributed by atoms with Crippen LogP contribution in [0.25, 0.3) is 0 Å². The molecular formula is C22H38N4O. The normalized spacial score (nSPS) is 20.9. The van der Waals surface area contributed by atoms with E-state index in [2.05, 4.69) is 34.4 Å². The predicted octanol–water partition coefficient (Wildman–Crippen LogP) is 2.96. The Kier molecular flexibility index (Phi) is 9.08. The predicted molar refractivity (Wildman–Crippen MR) is 114 cm³/mol. The summed E-state index contributed by atoms with van der Waals surface area (Å²) in [5.74, 6) is 1.63. The Morgan fingerprint density at radius 2 is 2.04 bits per heavy atom. The van der Waals surface area contributed by atoms with Crippen molar-refractivity contribution in [2.24, 2.45) is 10.9 Å². The van der Waals surface area contributed by atoms with Crippen molar-refractivity contribution in [2.75, 3.05) is 39.3 Å². The van der Waals surface area contributed by atoms with Gasteiger partial charge in [-0.25, -0.2) is 4.99 Å². The van der Waals surface area contributed by atoms with Crippen LogP contribution in [0.4, 0.5) is 0 Å². The van der Waals surface area contributed by atoms with Crippen LogP contribution in [-0.4, -0.2) is 55.2 Å². The fourth-order valence-electron chi connectivity index (χ4n) is 3.62. The van der Waals surface area contributed by atoms with Crippen LogP contribution < -0.4 is 10.6 Å². The van der Waals surface area contributed by atoms with Gasteiger partial charge in [0.2, 0.25) is 0 Å². The van der Waals surface area contributed by atoms with Gasteiger partial charge >= 0.3 is 0 Å². The van der Waals surface area contributed by atoms with Crippen LogP contribution >= 0.6 is 0 Å². The summed E-state index contributed by atoms with van der Waals surface area (Å²) in [6.45, 7) is 12.0. The molecule has 0 radical (unpaired) electrons. The lowest BCUT2D eigenvalue weighted by atomic mass is 9.96. The average Bonchev–Trinajstić information content (AvgIpc) is 2.66. The SMILES string of the molecule is CCNC(=NCC(C)(O)c1ccccc1)NCCCCN1CCCC(C)C1. The molecule has 1 saturated heterocycles. The molecule has 0 aromatic heterocycles.